The Morgan fingerprint density at radius 1 is 1.38 bits per heavy atom. The summed E-state index contributed by atoms with van der Waals surface area (Å²) in [4.78, 5) is 3.35. The van der Waals surface area contributed by atoms with E-state index in [1.807, 2.05) is 0 Å². The first-order valence-corrected chi connectivity index (χ1v) is 8.37. The first kappa shape index (κ1) is 15.8. The molecule has 114 valence electrons. The minimum absolute atomic E-state index is 0.431. The second kappa shape index (κ2) is 6.04. The normalized spacial score (nSPS) is 13.3. The summed E-state index contributed by atoms with van der Waals surface area (Å²) in [6.07, 6.45) is 1.98. The van der Waals surface area contributed by atoms with E-state index in [2.05, 4.69) is 9.71 Å². The molecule has 9 heteroatoms. The maximum Gasteiger partial charge on any atom is 0.244 e. The predicted molar refractivity (Wildman–Crippen MR) is 76.2 cm³/mol. The highest BCUT2D eigenvalue weighted by atomic mass is 32.2. The molecule has 5 nitrogen and oxygen atoms in total. The molecule has 1 aromatic carbocycles. The van der Waals surface area contributed by atoms with E-state index in [0.29, 0.717) is 17.5 Å². The molecule has 1 heterocycles. The van der Waals surface area contributed by atoms with Crippen LogP contribution in [0.1, 0.15) is 24.4 Å². The number of hydrogen-bond donors (Lipinski definition) is 2. The lowest BCUT2D eigenvalue weighted by Gasteiger charge is -2.15. The summed E-state index contributed by atoms with van der Waals surface area (Å²) < 4.78 is 53.6. The zero-order valence-corrected chi connectivity index (χ0v) is 12.6. The van der Waals surface area contributed by atoms with Crippen molar-refractivity contribution in [1.82, 2.24) is 9.71 Å². The van der Waals surface area contributed by atoms with Crippen LogP contribution in [0.3, 0.4) is 0 Å². The Kier molecular flexibility index (Phi) is 4.55. The SMILES string of the molecule is CCC(NS(=O)(=O)c1cc(N)c(F)cc1F)c1nccs1. The highest BCUT2D eigenvalue weighted by Gasteiger charge is 2.25. The van der Waals surface area contributed by atoms with Crippen LogP contribution in [0.2, 0.25) is 0 Å². The van der Waals surface area contributed by atoms with E-state index < -0.39 is 38.3 Å². The highest BCUT2D eigenvalue weighted by molar-refractivity contribution is 7.89. The average molecular weight is 333 g/mol. The molecule has 0 spiro atoms. The molecule has 1 atom stereocenters. The Bertz CT molecular complexity index is 733. The van der Waals surface area contributed by atoms with Gasteiger partial charge in [0.15, 0.2) is 0 Å². The maximum absolute atomic E-state index is 13.7. The summed E-state index contributed by atoms with van der Waals surface area (Å²) in [5.74, 6) is -2.19. The summed E-state index contributed by atoms with van der Waals surface area (Å²) in [6.45, 7) is 1.77. The standard InChI is InChI=1S/C12H13F2N3O2S2/c1-2-10(12-16-3-4-20-12)17-21(18,19)11-6-9(15)7(13)5-8(11)14/h3-6,10,17H,2,15H2,1H3. The van der Waals surface area contributed by atoms with Crippen LogP contribution < -0.4 is 10.5 Å². The Labute approximate surface area is 124 Å². The molecule has 0 saturated carbocycles. The van der Waals surface area contributed by atoms with Crippen molar-refractivity contribution >= 4 is 27.0 Å². The second-order valence-corrected chi connectivity index (χ2v) is 6.87. The Hall–Kier alpha value is -1.58. The number of hydrogen-bond acceptors (Lipinski definition) is 5. The lowest BCUT2D eigenvalue weighted by atomic mass is 10.3. The Morgan fingerprint density at radius 3 is 2.67 bits per heavy atom. The largest absolute Gasteiger partial charge is 0.396 e. The van der Waals surface area contributed by atoms with Gasteiger partial charge in [0.25, 0.3) is 0 Å². The van der Waals surface area contributed by atoms with E-state index in [1.165, 1.54) is 11.3 Å². The number of nitrogens with zero attached hydrogens (tertiary/aromatic N) is 1. The van der Waals surface area contributed by atoms with Gasteiger partial charge in [0, 0.05) is 17.6 Å². The zero-order valence-electron chi connectivity index (χ0n) is 11.0. The maximum atomic E-state index is 13.7. The van der Waals surface area contributed by atoms with Crippen molar-refractivity contribution in [2.24, 2.45) is 0 Å². The van der Waals surface area contributed by atoms with Crippen LogP contribution in [0.15, 0.2) is 28.6 Å². The van der Waals surface area contributed by atoms with E-state index in [0.717, 1.165) is 6.07 Å². The van der Waals surface area contributed by atoms with Gasteiger partial charge >= 0.3 is 0 Å². The quantitative estimate of drug-likeness (QED) is 0.823. The summed E-state index contributed by atoms with van der Waals surface area (Å²) in [7, 11) is -4.17. The average Bonchev–Trinajstić information content (AvgIpc) is 2.94. The number of thiazole rings is 1. The predicted octanol–water partition coefficient (Wildman–Crippen LogP) is 2.43. The summed E-state index contributed by atoms with van der Waals surface area (Å²) in [6, 6.07) is 0.635. The molecule has 0 bridgehead atoms. The van der Waals surface area contributed by atoms with Crippen molar-refractivity contribution in [2.75, 3.05) is 5.73 Å². The number of sulfonamides is 1. The topological polar surface area (TPSA) is 85.1 Å². The minimum Gasteiger partial charge on any atom is -0.396 e. The monoisotopic (exact) mass is 333 g/mol. The molecule has 2 aromatic rings. The van der Waals surface area contributed by atoms with E-state index in [-0.39, 0.29) is 0 Å². The van der Waals surface area contributed by atoms with Crippen LogP contribution in [0, 0.1) is 11.6 Å². The van der Waals surface area contributed by atoms with Crippen LogP contribution in [0.4, 0.5) is 14.5 Å². The molecular formula is C12H13F2N3O2S2. The molecule has 21 heavy (non-hydrogen) atoms. The molecule has 0 aliphatic rings. The third-order valence-electron chi connectivity index (χ3n) is 2.80. The summed E-state index contributed by atoms with van der Waals surface area (Å²) >= 11 is 1.28. The molecule has 0 aliphatic carbocycles. The third kappa shape index (κ3) is 3.36. The molecule has 1 aromatic heterocycles. The lowest BCUT2D eigenvalue weighted by molar-refractivity contribution is 0.528. The van der Waals surface area contributed by atoms with Crippen molar-refractivity contribution in [3.63, 3.8) is 0 Å². The van der Waals surface area contributed by atoms with Crippen LogP contribution in [-0.2, 0) is 10.0 Å². The first-order chi connectivity index (χ1) is 9.85. The zero-order chi connectivity index (χ0) is 15.6. The van der Waals surface area contributed by atoms with Crippen molar-refractivity contribution in [2.45, 2.75) is 24.3 Å². The van der Waals surface area contributed by atoms with Crippen molar-refractivity contribution in [3.8, 4) is 0 Å². The second-order valence-electron chi connectivity index (χ2n) is 4.26. The fourth-order valence-corrected chi connectivity index (χ4v) is 3.94. The Morgan fingerprint density at radius 2 is 2.10 bits per heavy atom. The van der Waals surface area contributed by atoms with Gasteiger partial charge in [0.2, 0.25) is 10.0 Å². The van der Waals surface area contributed by atoms with Gasteiger partial charge in [-0.3, -0.25) is 0 Å². The number of rotatable bonds is 5. The number of nitrogens with two attached hydrogens (primary N) is 1. The van der Waals surface area contributed by atoms with E-state index in [4.69, 9.17) is 5.73 Å². The van der Waals surface area contributed by atoms with Gasteiger partial charge in [0.1, 0.15) is 21.5 Å². The summed E-state index contributed by atoms with van der Waals surface area (Å²) in [5.41, 5.74) is 4.87. The molecule has 0 saturated heterocycles. The highest BCUT2D eigenvalue weighted by Crippen LogP contribution is 2.25. The third-order valence-corrected chi connectivity index (χ3v) is 5.17. The first-order valence-electron chi connectivity index (χ1n) is 6.01. The van der Waals surface area contributed by atoms with Crippen LogP contribution in [-0.4, -0.2) is 13.4 Å². The van der Waals surface area contributed by atoms with Crippen molar-refractivity contribution in [3.05, 3.63) is 40.4 Å². The number of nitrogens with one attached hydrogen (secondary N) is 1. The number of aromatic nitrogens is 1. The number of nitrogen functional groups attached to an aromatic ring is 1. The Balaban J connectivity index is 2.36. The smallest absolute Gasteiger partial charge is 0.244 e. The lowest BCUT2D eigenvalue weighted by Crippen LogP contribution is -2.29. The molecule has 3 N–H and O–H groups in total. The fraction of sp³-hybridized carbons (Fsp3) is 0.250. The van der Waals surface area contributed by atoms with Gasteiger partial charge in [-0.25, -0.2) is 26.9 Å². The van der Waals surface area contributed by atoms with Gasteiger partial charge < -0.3 is 5.73 Å². The number of benzene rings is 1. The van der Waals surface area contributed by atoms with Gasteiger partial charge in [-0.15, -0.1) is 11.3 Å². The van der Waals surface area contributed by atoms with E-state index in [1.54, 1.807) is 18.5 Å². The molecule has 0 radical (unpaired) electrons. The molecule has 0 amide bonds. The molecule has 0 fully saturated rings. The van der Waals surface area contributed by atoms with Crippen LogP contribution in [0.5, 0.6) is 0 Å². The molecule has 2 rings (SSSR count). The number of halogens is 2. The van der Waals surface area contributed by atoms with Gasteiger partial charge in [-0.1, -0.05) is 6.92 Å². The van der Waals surface area contributed by atoms with E-state index >= 15 is 0 Å². The van der Waals surface area contributed by atoms with Crippen LogP contribution in [0.25, 0.3) is 0 Å². The summed E-state index contributed by atoms with van der Waals surface area (Å²) in [5, 5.41) is 2.28. The van der Waals surface area contributed by atoms with Crippen molar-refractivity contribution in [1.29, 1.82) is 0 Å². The number of anilines is 1. The van der Waals surface area contributed by atoms with E-state index in [9.17, 15) is 17.2 Å². The van der Waals surface area contributed by atoms with Gasteiger partial charge in [0.05, 0.1) is 11.7 Å². The molecular weight excluding hydrogens is 320 g/mol. The van der Waals surface area contributed by atoms with Gasteiger partial charge in [-0.05, 0) is 12.5 Å². The van der Waals surface area contributed by atoms with Crippen molar-refractivity contribution < 1.29 is 17.2 Å². The van der Waals surface area contributed by atoms with Crippen LogP contribution >= 0.6 is 11.3 Å². The molecule has 1 unspecified atom stereocenters. The fourth-order valence-electron chi connectivity index (χ4n) is 1.72. The van der Waals surface area contributed by atoms with Gasteiger partial charge in [-0.2, -0.15) is 0 Å². The molecule has 0 aliphatic heterocycles. The minimum atomic E-state index is -4.17.